The first-order valence-corrected chi connectivity index (χ1v) is 9.55. The summed E-state index contributed by atoms with van der Waals surface area (Å²) >= 11 is 0. The molecule has 0 saturated carbocycles. The van der Waals surface area contributed by atoms with Crippen LogP contribution in [0.1, 0.15) is 44.9 Å². The summed E-state index contributed by atoms with van der Waals surface area (Å²) in [7, 11) is 1.65. The maximum Gasteiger partial charge on any atom is 0.266 e. The number of aryl methyl sites for hydroxylation is 1. The van der Waals surface area contributed by atoms with Crippen LogP contribution in [-0.4, -0.2) is 37.6 Å². The molecule has 0 atom stereocenters. The zero-order valence-corrected chi connectivity index (χ0v) is 16.7. The van der Waals surface area contributed by atoms with Gasteiger partial charge in [-0.15, -0.1) is 0 Å². The fourth-order valence-corrected chi connectivity index (χ4v) is 3.40. The van der Waals surface area contributed by atoms with E-state index in [2.05, 4.69) is 35.9 Å². The third kappa shape index (κ3) is 4.91. The zero-order chi connectivity index (χ0) is 19.6. The molecule has 1 saturated heterocycles. The second-order valence-corrected chi connectivity index (χ2v) is 8.53. The lowest BCUT2D eigenvalue weighted by atomic mass is 9.92. The molecule has 0 radical (unpaired) electrons. The number of aromatic nitrogens is 4. The molecule has 1 aliphatic heterocycles. The van der Waals surface area contributed by atoms with E-state index in [0.29, 0.717) is 12.5 Å². The van der Waals surface area contributed by atoms with E-state index in [-0.39, 0.29) is 16.5 Å². The molecule has 7 nitrogen and oxygen atoms in total. The van der Waals surface area contributed by atoms with Gasteiger partial charge in [0, 0.05) is 37.7 Å². The van der Waals surface area contributed by atoms with Crippen molar-refractivity contribution < 1.29 is 0 Å². The molecule has 146 valence electrons. The lowest BCUT2D eigenvalue weighted by Crippen LogP contribution is -2.37. The Kier molecular flexibility index (Phi) is 5.60. The van der Waals surface area contributed by atoms with Crippen molar-refractivity contribution in [2.75, 3.05) is 13.1 Å². The molecule has 0 spiro atoms. The molecular formula is C20H29N5O2. The Morgan fingerprint density at radius 3 is 2.44 bits per heavy atom. The molecule has 0 aliphatic carbocycles. The van der Waals surface area contributed by atoms with E-state index in [1.165, 1.54) is 4.68 Å². The molecule has 1 fully saturated rings. The molecule has 0 amide bonds. The number of hydrogen-bond donors (Lipinski definition) is 0. The summed E-state index contributed by atoms with van der Waals surface area (Å²) in [6.07, 6.45) is 3.80. The predicted octanol–water partition coefficient (Wildman–Crippen LogP) is 1.55. The van der Waals surface area contributed by atoms with Gasteiger partial charge < -0.3 is 0 Å². The van der Waals surface area contributed by atoms with E-state index in [9.17, 15) is 9.59 Å². The summed E-state index contributed by atoms with van der Waals surface area (Å²) < 4.78 is 2.97. The summed E-state index contributed by atoms with van der Waals surface area (Å²) in [5.41, 5.74) is 1.72. The molecule has 0 N–H and O–H groups in total. The highest BCUT2D eigenvalue weighted by Crippen LogP contribution is 2.21. The lowest BCUT2D eigenvalue weighted by Gasteiger charge is -2.32. The Bertz CT molecular complexity index is 902. The first kappa shape index (κ1) is 19.5. The van der Waals surface area contributed by atoms with Crippen LogP contribution in [0.4, 0.5) is 0 Å². The van der Waals surface area contributed by atoms with E-state index < -0.39 is 0 Å². The molecule has 2 aromatic rings. The van der Waals surface area contributed by atoms with E-state index in [1.807, 2.05) is 6.07 Å². The van der Waals surface area contributed by atoms with Crippen molar-refractivity contribution in [3.63, 3.8) is 0 Å². The molecule has 7 heteroatoms. The van der Waals surface area contributed by atoms with Gasteiger partial charge in [0.2, 0.25) is 0 Å². The van der Waals surface area contributed by atoms with Crippen LogP contribution in [0, 0.1) is 5.92 Å². The molecule has 3 rings (SSSR count). The van der Waals surface area contributed by atoms with E-state index in [4.69, 9.17) is 0 Å². The van der Waals surface area contributed by atoms with Crippen LogP contribution in [0.3, 0.4) is 0 Å². The second kappa shape index (κ2) is 7.76. The van der Waals surface area contributed by atoms with Gasteiger partial charge in [0.05, 0.1) is 11.9 Å². The summed E-state index contributed by atoms with van der Waals surface area (Å²) in [6, 6.07) is 5.12. The van der Waals surface area contributed by atoms with Crippen LogP contribution < -0.4 is 11.1 Å². The molecular weight excluding hydrogens is 342 g/mol. The second-order valence-electron chi connectivity index (χ2n) is 8.53. The smallest absolute Gasteiger partial charge is 0.266 e. The fraction of sp³-hybridized carbons (Fsp3) is 0.600. The van der Waals surface area contributed by atoms with Crippen LogP contribution in [0.15, 0.2) is 34.0 Å². The van der Waals surface area contributed by atoms with Crippen molar-refractivity contribution in [2.24, 2.45) is 13.0 Å². The van der Waals surface area contributed by atoms with E-state index in [1.54, 1.807) is 30.1 Å². The van der Waals surface area contributed by atoms with Gasteiger partial charge in [0.25, 0.3) is 11.1 Å². The standard InChI is InChI=1S/C20H29N5O2/c1-20(2,3)17-5-6-18(26)25(22-17)14-15-7-9-24(10-8-15)13-16-11-19(27)23(4)21-12-16/h5-6,11-12,15H,7-10,13-14H2,1-4H3. The van der Waals surface area contributed by atoms with Gasteiger partial charge in [0.1, 0.15) is 0 Å². The van der Waals surface area contributed by atoms with Crippen molar-refractivity contribution in [3.8, 4) is 0 Å². The molecule has 0 bridgehead atoms. The Morgan fingerprint density at radius 2 is 1.81 bits per heavy atom. The van der Waals surface area contributed by atoms with Crippen LogP contribution in [0.2, 0.25) is 0 Å². The molecule has 0 aromatic carbocycles. The van der Waals surface area contributed by atoms with Gasteiger partial charge in [-0.3, -0.25) is 14.5 Å². The van der Waals surface area contributed by atoms with Gasteiger partial charge in [-0.25, -0.2) is 9.36 Å². The normalized spacial score (nSPS) is 16.6. The third-order valence-electron chi connectivity index (χ3n) is 5.20. The van der Waals surface area contributed by atoms with Crippen molar-refractivity contribution >= 4 is 0 Å². The van der Waals surface area contributed by atoms with Gasteiger partial charge in [-0.1, -0.05) is 20.8 Å². The molecule has 2 aromatic heterocycles. The fourth-order valence-electron chi connectivity index (χ4n) is 3.40. The summed E-state index contributed by atoms with van der Waals surface area (Å²) in [5.74, 6) is 0.448. The average molecular weight is 371 g/mol. The number of nitrogens with zero attached hydrogens (tertiary/aromatic N) is 5. The van der Waals surface area contributed by atoms with Gasteiger partial charge >= 0.3 is 0 Å². The first-order chi connectivity index (χ1) is 12.7. The Labute approximate surface area is 159 Å². The molecule has 3 heterocycles. The van der Waals surface area contributed by atoms with Crippen molar-refractivity contribution in [1.82, 2.24) is 24.5 Å². The van der Waals surface area contributed by atoms with Crippen LogP contribution in [-0.2, 0) is 25.6 Å². The topological polar surface area (TPSA) is 73.0 Å². The number of likely N-dealkylation sites (tertiary alicyclic amines) is 1. The van der Waals surface area contributed by atoms with Crippen LogP contribution in [0.25, 0.3) is 0 Å². The number of hydrogen-bond acceptors (Lipinski definition) is 5. The number of rotatable bonds is 4. The largest absolute Gasteiger partial charge is 0.299 e. The summed E-state index contributed by atoms with van der Waals surface area (Å²) in [6.45, 7) is 9.63. The van der Waals surface area contributed by atoms with Crippen molar-refractivity contribution in [2.45, 2.75) is 52.1 Å². The van der Waals surface area contributed by atoms with Crippen LogP contribution in [0.5, 0.6) is 0 Å². The highest BCUT2D eigenvalue weighted by atomic mass is 16.1. The lowest BCUT2D eigenvalue weighted by molar-refractivity contribution is 0.163. The minimum absolute atomic E-state index is 0.0309. The minimum atomic E-state index is -0.0773. The highest BCUT2D eigenvalue weighted by Gasteiger charge is 2.22. The monoisotopic (exact) mass is 371 g/mol. The minimum Gasteiger partial charge on any atom is -0.299 e. The maximum absolute atomic E-state index is 12.2. The quantitative estimate of drug-likeness (QED) is 0.815. The Balaban J connectivity index is 1.59. The Hall–Kier alpha value is -2.28. The van der Waals surface area contributed by atoms with Crippen LogP contribution >= 0.6 is 0 Å². The predicted molar refractivity (Wildman–Crippen MR) is 105 cm³/mol. The van der Waals surface area contributed by atoms with Gasteiger partial charge in [0.15, 0.2) is 0 Å². The van der Waals surface area contributed by atoms with Gasteiger partial charge in [-0.2, -0.15) is 10.2 Å². The molecule has 0 unspecified atom stereocenters. The number of piperidine rings is 1. The maximum atomic E-state index is 12.2. The highest BCUT2D eigenvalue weighted by molar-refractivity contribution is 5.10. The van der Waals surface area contributed by atoms with E-state index in [0.717, 1.165) is 43.7 Å². The third-order valence-corrected chi connectivity index (χ3v) is 5.20. The molecule has 1 aliphatic rings. The molecule has 27 heavy (non-hydrogen) atoms. The van der Waals surface area contributed by atoms with E-state index >= 15 is 0 Å². The van der Waals surface area contributed by atoms with Crippen molar-refractivity contribution in [3.05, 3.63) is 56.4 Å². The average Bonchev–Trinajstić information content (AvgIpc) is 2.61. The Morgan fingerprint density at radius 1 is 1.11 bits per heavy atom. The zero-order valence-electron chi connectivity index (χ0n) is 16.7. The van der Waals surface area contributed by atoms with Crippen molar-refractivity contribution in [1.29, 1.82) is 0 Å². The summed E-state index contributed by atoms with van der Waals surface area (Å²) in [5, 5.41) is 8.67. The summed E-state index contributed by atoms with van der Waals surface area (Å²) in [4.78, 5) is 26.2. The van der Waals surface area contributed by atoms with Gasteiger partial charge in [-0.05, 0) is 43.5 Å². The first-order valence-electron chi connectivity index (χ1n) is 9.55. The SMILES string of the molecule is Cn1ncc(CN2CCC(Cn3nc(C(C)(C)C)ccc3=O)CC2)cc1=O.